The van der Waals surface area contributed by atoms with Crippen LogP contribution in [-0.4, -0.2) is 16.8 Å². The van der Waals surface area contributed by atoms with Crippen LogP contribution in [0.25, 0.3) is 12.2 Å². The summed E-state index contributed by atoms with van der Waals surface area (Å²) < 4.78 is 76.6. The van der Waals surface area contributed by atoms with Crippen molar-refractivity contribution >= 4 is 32.2 Å². The molecule has 29 heavy (non-hydrogen) atoms. The molecule has 0 amide bonds. The van der Waals surface area contributed by atoms with Gasteiger partial charge < -0.3 is 0 Å². The first kappa shape index (κ1) is 21.9. The number of nitrogens with one attached hydrogen (secondary N) is 1. The van der Waals surface area contributed by atoms with Crippen molar-refractivity contribution in [1.29, 1.82) is 10.5 Å². The molecule has 0 bridgehead atoms. The monoisotopic (exact) mass is 435 g/mol. The Morgan fingerprint density at radius 3 is 1.45 bits per heavy atom. The quantitative estimate of drug-likeness (QED) is 0.743. The Morgan fingerprint density at radius 1 is 0.759 bits per heavy atom. The predicted molar refractivity (Wildman–Crippen MR) is 101 cm³/mol. The fraction of sp³-hybridized carbons (Fsp3) is 0. The minimum absolute atomic E-state index is 0.0309. The molecule has 0 aliphatic carbocycles. The number of nitriles is 2. The SMILES string of the molecule is N#Cc1ccc(/C=C/S(=O)(=O)NS(=O)(=O)/C=C/c2ccc(C#N)cc2F)c(F)c1. The molecular weight excluding hydrogens is 424 g/mol. The van der Waals surface area contributed by atoms with Gasteiger partial charge in [-0.1, -0.05) is 12.1 Å². The summed E-state index contributed by atoms with van der Waals surface area (Å²) in [7, 11) is -9.07. The molecule has 7 nitrogen and oxygen atoms in total. The van der Waals surface area contributed by atoms with Crippen LogP contribution in [0.1, 0.15) is 22.3 Å². The van der Waals surface area contributed by atoms with Crippen LogP contribution < -0.4 is 4.13 Å². The van der Waals surface area contributed by atoms with Crippen molar-refractivity contribution < 1.29 is 25.6 Å². The molecule has 0 saturated heterocycles. The molecular formula is C18H11F2N3O4S2. The van der Waals surface area contributed by atoms with Crippen LogP contribution in [0, 0.1) is 34.3 Å². The van der Waals surface area contributed by atoms with Gasteiger partial charge in [-0.25, -0.2) is 25.6 Å². The molecule has 1 N–H and O–H groups in total. The maximum Gasteiger partial charge on any atom is 0.246 e. The highest BCUT2D eigenvalue weighted by molar-refractivity contribution is 8.07. The van der Waals surface area contributed by atoms with E-state index in [4.69, 9.17) is 10.5 Å². The molecule has 0 spiro atoms. The molecule has 0 aliphatic rings. The molecule has 0 aromatic heterocycles. The van der Waals surface area contributed by atoms with Crippen LogP contribution >= 0.6 is 0 Å². The zero-order valence-corrected chi connectivity index (χ0v) is 16.0. The fourth-order valence-corrected chi connectivity index (χ4v) is 4.40. The van der Waals surface area contributed by atoms with E-state index < -0.39 is 31.7 Å². The molecule has 148 valence electrons. The zero-order valence-electron chi connectivity index (χ0n) is 14.4. The lowest BCUT2D eigenvalue weighted by atomic mass is 10.1. The van der Waals surface area contributed by atoms with Gasteiger partial charge >= 0.3 is 0 Å². The Kier molecular flexibility index (Phi) is 6.61. The normalized spacial score (nSPS) is 12.1. The van der Waals surface area contributed by atoms with E-state index >= 15 is 0 Å². The van der Waals surface area contributed by atoms with Gasteiger partial charge in [0.25, 0.3) is 0 Å². The number of hydrogen-bond donors (Lipinski definition) is 1. The van der Waals surface area contributed by atoms with Gasteiger partial charge in [0.15, 0.2) is 0 Å². The van der Waals surface area contributed by atoms with Gasteiger partial charge in [-0.2, -0.15) is 10.5 Å². The lowest BCUT2D eigenvalue weighted by Gasteiger charge is -2.02. The predicted octanol–water partition coefficient (Wildman–Crippen LogP) is 2.60. The minimum Gasteiger partial charge on any atom is -0.207 e. The van der Waals surface area contributed by atoms with Crippen molar-refractivity contribution in [2.24, 2.45) is 0 Å². The van der Waals surface area contributed by atoms with Crippen LogP contribution in [0.2, 0.25) is 0 Å². The van der Waals surface area contributed by atoms with Gasteiger partial charge in [0.2, 0.25) is 20.0 Å². The average molecular weight is 435 g/mol. The maximum atomic E-state index is 13.7. The number of nitrogens with zero attached hydrogens (tertiary/aromatic N) is 2. The van der Waals surface area contributed by atoms with Crippen molar-refractivity contribution in [3.05, 3.63) is 81.1 Å². The number of hydrogen-bond acceptors (Lipinski definition) is 6. The molecule has 0 unspecified atom stereocenters. The summed E-state index contributed by atoms with van der Waals surface area (Å²) in [6.45, 7) is 0. The Morgan fingerprint density at radius 2 is 1.14 bits per heavy atom. The van der Waals surface area contributed by atoms with Crippen LogP contribution in [0.15, 0.2) is 47.2 Å². The molecule has 2 aromatic carbocycles. The first-order valence-corrected chi connectivity index (χ1v) is 10.7. The molecule has 11 heteroatoms. The first-order valence-electron chi connectivity index (χ1n) is 7.59. The topological polar surface area (TPSA) is 128 Å². The summed E-state index contributed by atoms with van der Waals surface area (Å²) in [5.41, 5.74) is -0.296. The highest BCUT2D eigenvalue weighted by Gasteiger charge is 2.16. The van der Waals surface area contributed by atoms with Gasteiger partial charge in [0.05, 0.1) is 23.3 Å². The smallest absolute Gasteiger partial charge is 0.207 e. The second kappa shape index (κ2) is 8.75. The highest BCUT2D eigenvalue weighted by atomic mass is 32.3. The Hall–Kier alpha value is -3.38. The van der Waals surface area contributed by atoms with E-state index in [2.05, 4.69) is 0 Å². The van der Waals surface area contributed by atoms with Crippen LogP contribution in [0.3, 0.4) is 0 Å². The van der Waals surface area contributed by atoms with Gasteiger partial charge in [-0.05, 0) is 36.4 Å². The summed E-state index contributed by atoms with van der Waals surface area (Å²) in [4.78, 5) is 0. The van der Waals surface area contributed by atoms with Crippen molar-refractivity contribution in [2.75, 3.05) is 0 Å². The Labute approximate surface area is 165 Å². The van der Waals surface area contributed by atoms with Crippen molar-refractivity contribution in [3.63, 3.8) is 0 Å². The van der Waals surface area contributed by atoms with Crippen molar-refractivity contribution in [3.8, 4) is 12.1 Å². The third-order valence-electron chi connectivity index (χ3n) is 3.34. The highest BCUT2D eigenvalue weighted by Crippen LogP contribution is 2.14. The van der Waals surface area contributed by atoms with E-state index in [1.165, 1.54) is 16.3 Å². The number of sulfonamides is 2. The van der Waals surface area contributed by atoms with Crippen LogP contribution in [0.5, 0.6) is 0 Å². The van der Waals surface area contributed by atoms with Gasteiger partial charge in [-0.15, -0.1) is 4.13 Å². The lowest BCUT2D eigenvalue weighted by Crippen LogP contribution is -2.27. The minimum atomic E-state index is -4.53. The molecule has 0 atom stereocenters. The van der Waals surface area contributed by atoms with Gasteiger partial charge in [0, 0.05) is 21.9 Å². The van der Waals surface area contributed by atoms with Crippen LogP contribution in [-0.2, 0) is 20.0 Å². The standard InChI is InChI=1S/C18H11F2N3O4S2/c19-17-9-13(11-21)1-3-15(17)5-7-28(24,25)23-29(26,27)8-6-16-4-2-14(12-22)10-18(16)20/h1-10,23H/b7-5+,8-6+. The Bertz CT molecular complexity index is 1200. The summed E-state index contributed by atoms with van der Waals surface area (Å²) in [6.07, 6.45) is 1.64. The third kappa shape index (κ3) is 6.33. The summed E-state index contributed by atoms with van der Waals surface area (Å²) in [5, 5.41) is 18.2. The number of benzene rings is 2. The van der Waals surface area contributed by atoms with E-state index in [1.807, 2.05) is 0 Å². The van der Waals surface area contributed by atoms with E-state index in [0.29, 0.717) is 10.8 Å². The molecule has 2 rings (SSSR count). The number of halogens is 2. The molecule has 2 aromatic rings. The molecule has 0 aliphatic heterocycles. The summed E-state index contributed by atoms with van der Waals surface area (Å²) in [5.74, 6) is -1.73. The fourth-order valence-electron chi connectivity index (χ4n) is 2.01. The molecule has 0 saturated carbocycles. The first-order chi connectivity index (χ1) is 13.5. The molecule has 0 radical (unpaired) electrons. The molecule has 0 heterocycles. The van der Waals surface area contributed by atoms with Gasteiger partial charge in [-0.3, -0.25) is 0 Å². The Balaban J connectivity index is 2.18. The lowest BCUT2D eigenvalue weighted by molar-refractivity contribution is 0.587. The van der Waals surface area contributed by atoms with E-state index in [-0.39, 0.29) is 22.3 Å². The largest absolute Gasteiger partial charge is 0.246 e. The average Bonchev–Trinajstić information content (AvgIpc) is 2.65. The molecule has 0 fully saturated rings. The van der Waals surface area contributed by atoms with E-state index in [0.717, 1.165) is 36.4 Å². The van der Waals surface area contributed by atoms with Crippen LogP contribution in [0.4, 0.5) is 8.78 Å². The maximum absolute atomic E-state index is 13.7. The van der Waals surface area contributed by atoms with Crippen molar-refractivity contribution in [1.82, 2.24) is 4.13 Å². The second-order valence-corrected chi connectivity index (χ2v) is 8.87. The third-order valence-corrected chi connectivity index (χ3v) is 6.19. The zero-order chi connectivity index (χ0) is 21.7. The van der Waals surface area contributed by atoms with E-state index in [1.54, 1.807) is 12.1 Å². The van der Waals surface area contributed by atoms with Crippen molar-refractivity contribution in [2.45, 2.75) is 0 Å². The number of rotatable bonds is 6. The van der Waals surface area contributed by atoms with E-state index in [9.17, 15) is 25.6 Å². The summed E-state index contributed by atoms with van der Waals surface area (Å²) >= 11 is 0. The van der Waals surface area contributed by atoms with Gasteiger partial charge in [0.1, 0.15) is 11.6 Å². The second-order valence-electron chi connectivity index (χ2n) is 5.48. The summed E-state index contributed by atoms with van der Waals surface area (Å²) in [6, 6.07) is 10.0.